The van der Waals surface area contributed by atoms with Crippen molar-refractivity contribution in [2.45, 2.75) is 4.90 Å². The van der Waals surface area contributed by atoms with Crippen LogP contribution in [-0.4, -0.2) is 27.2 Å². The van der Waals surface area contributed by atoms with Crippen LogP contribution in [0.2, 0.25) is 5.02 Å². The summed E-state index contributed by atoms with van der Waals surface area (Å²) < 4.78 is 35.7. The van der Waals surface area contributed by atoms with Crippen molar-refractivity contribution in [1.29, 1.82) is 0 Å². The quantitative estimate of drug-likeness (QED) is 0.301. The van der Waals surface area contributed by atoms with Gasteiger partial charge in [-0.2, -0.15) is 8.42 Å². The average Bonchev–Trinajstić information content (AvgIpc) is 3.15. The Morgan fingerprint density at radius 3 is 2.38 bits per heavy atom. The minimum atomic E-state index is -4.10. The summed E-state index contributed by atoms with van der Waals surface area (Å²) >= 11 is 5.81. The molecular formula is C23H16ClNO6S. The third-order valence-corrected chi connectivity index (χ3v) is 6.04. The van der Waals surface area contributed by atoms with Crippen molar-refractivity contribution in [3.8, 4) is 11.5 Å². The van der Waals surface area contributed by atoms with Gasteiger partial charge in [0.15, 0.2) is 11.5 Å². The molecule has 32 heavy (non-hydrogen) atoms. The van der Waals surface area contributed by atoms with Gasteiger partial charge in [0.05, 0.1) is 12.7 Å². The molecule has 3 aromatic rings. The van der Waals surface area contributed by atoms with Crippen LogP contribution < -0.4 is 8.92 Å². The molecule has 1 aliphatic heterocycles. The normalized spacial score (nSPS) is 14.8. The molecule has 0 amide bonds. The van der Waals surface area contributed by atoms with E-state index in [1.54, 1.807) is 18.2 Å². The topological polar surface area (TPSA) is 91.3 Å². The van der Waals surface area contributed by atoms with Crippen molar-refractivity contribution in [1.82, 2.24) is 0 Å². The van der Waals surface area contributed by atoms with Crippen molar-refractivity contribution < 1.29 is 27.0 Å². The van der Waals surface area contributed by atoms with Crippen molar-refractivity contribution in [2.75, 3.05) is 7.11 Å². The van der Waals surface area contributed by atoms with Crippen molar-refractivity contribution in [3.05, 3.63) is 94.5 Å². The first kappa shape index (κ1) is 21.6. The van der Waals surface area contributed by atoms with Gasteiger partial charge < -0.3 is 13.8 Å². The lowest BCUT2D eigenvalue weighted by Gasteiger charge is -2.11. The maximum atomic E-state index is 12.6. The zero-order valence-corrected chi connectivity index (χ0v) is 18.3. The van der Waals surface area contributed by atoms with Gasteiger partial charge in [-0.3, -0.25) is 0 Å². The van der Waals surface area contributed by atoms with E-state index in [1.165, 1.54) is 37.4 Å². The van der Waals surface area contributed by atoms with E-state index in [2.05, 4.69) is 5.16 Å². The molecule has 0 aromatic heterocycles. The highest BCUT2D eigenvalue weighted by Gasteiger charge is 2.27. The number of carbonyl (C=O) groups is 1. The number of oxime groups is 1. The van der Waals surface area contributed by atoms with E-state index in [-0.39, 0.29) is 22.0 Å². The highest BCUT2D eigenvalue weighted by molar-refractivity contribution is 7.87. The number of halogens is 1. The highest BCUT2D eigenvalue weighted by Crippen LogP contribution is 2.32. The van der Waals surface area contributed by atoms with E-state index >= 15 is 0 Å². The van der Waals surface area contributed by atoms with Crippen LogP contribution in [0.1, 0.15) is 11.1 Å². The fraction of sp³-hybridized carbons (Fsp3) is 0.0435. The molecule has 1 heterocycles. The Bertz CT molecular complexity index is 1330. The van der Waals surface area contributed by atoms with E-state index in [0.29, 0.717) is 16.3 Å². The number of hydrogen-bond donors (Lipinski definition) is 0. The SMILES string of the molecule is COc1cc(/C=C2\C(=O)ON=C2c2ccccc2)ccc1OS(=O)(=O)c1ccc(Cl)cc1. The Morgan fingerprint density at radius 2 is 1.69 bits per heavy atom. The van der Waals surface area contributed by atoms with Crippen LogP contribution in [0.3, 0.4) is 0 Å². The molecule has 0 radical (unpaired) electrons. The predicted octanol–water partition coefficient (Wildman–Crippen LogP) is 4.46. The van der Waals surface area contributed by atoms with E-state index < -0.39 is 16.1 Å². The molecule has 1 aliphatic rings. The summed E-state index contributed by atoms with van der Waals surface area (Å²) in [5, 5.41) is 4.27. The molecule has 3 aromatic carbocycles. The number of ether oxygens (including phenoxy) is 1. The smallest absolute Gasteiger partial charge is 0.368 e. The first-order valence-electron chi connectivity index (χ1n) is 9.32. The number of rotatable bonds is 6. The summed E-state index contributed by atoms with van der Waals surface area (Å²) in [6.07, 6.45) is 1.58. The Labute approximate surface area is 189 Å². The predicted molar refractivity (Wildman–Crippen MR) is 119 cm³/mol. The van der Waals surface area contributed by atoms with Crippen molar-refractivity contribution in [3.63, 3.8) is 0 Å². The molecule has 0 bridgehead atoms. The third kappa shape index (κ3) is 4.51. The Balaban J connectivity index is 1.64. The second kappa shape index (κ2) is 8.86. The standard InChI is InChI=1S/C23H16ClNO6S/c1-29-21-14-15(13-19-22(25-30-23(19)26)16-5-3-2-4-6-16)7-12-20(21)31-32(27,28)18-10-8-17(24)9-11-18/h2-14H,1H3/b19-13-. The summed E-state index contributed by atoms with van der Waals surface area (Å²) in [7, 11) is -2.72. The van der Waals surface area contributed by atoms with E-state index in [0.717, 1.165) is 5.56 Å². The summed E-state index contributed by atoms with van der Waals surface area (Å²) in [5.41, 5.74) is 1.96. The van der Waals surface area contributed by atoms with Gasteiger partial charge in [-0.1, -0.05) is 53.2 Å². The average molecular weight is 470 g/mol. The molecule has 0 spiro atoms. The van der Waals surface area contributed by atoms with E-state index in [9.17, 15) is 13.2 Å². The molecule has 0 saturated heterocycles. The van der Waals surface area contributed by atoms with Gasteiger partial charge in [0.2, 0.25) is 0 Å². The van der Waals surface area contributed by atoms with E-state index in [4.69, 9.17) is 25.4 Å². The van der Waals surface area contributed by atoms with E-state index in [1.807, 2.05) is 30.3 Å². The van der Waals surface area contributed by atoms with Crippen LogP contribution in [0.5, 0.6) is 11.5 Å². The van der Waals surface area contributed by atoms with Crippen LogP contribution in [0.25, 0.3) is 6.08 Å². The molecular weight excluding hydrogens is 454 g/mol. The van der Waals surface area contributed by atoms with Gasteiger partial charge in [0.1, 0.15) is 10.6 Å². The number of benzene rings is 3. The lowest BCUT2D eigenvalue weighted by atomic mass is 10.0. The molecule has 0 N–H and O–H groups in total. The molecule has 0 atom stereocenters. The number of carbonyl (C=O) groups excluding carboxylic acids is 1. The highest BCUT2D eigenvalue weighted by atomic mass is 35.5. The zero-order valence-electron chi connectivity index (χ0n) is 16.7. The molecule has 0 unspecified atom stereocenters. The largest absolute Gasteiger partial charge is 0.493 e. The second-order valence-corrected chi connectivity index (χ2v) is 8.63. The third-order valence-electron chi connectivity index (χ3n) is 4.54. The molecule has 162 valence electrons. The summed E-state index contributed by atoms with van der Waals surface area (Å²) in [4.78, 5) is 17.0. The number of hydrogen-bond acceptors (Lipinski definition) is 7. The van der Waals surface area contributed by atoms with Crippen molar-refractivity contribution >= 4 is 39.5 Å². The van der Waals surface area contributed by atoms with Gasteiger partial charge in [-0.05, 0) is 48.0 Å². The molecule has 9 heteroatoms. The van der Waals surface area contributed by atoms with Gasteiger partial charge in [0.25, 0.3) is 0 Å². The van der Waals surface area contributed by atoms with Gasteiger partial charge >= 0.3 is 16.1 Å². The maximum Gasteiger partial charge on any atom is 0.368 e. The monoisotopic (exact) mass is 469 g/mol. The van der Waals surface area contributed by atoms with Crippen LogP contribution in [0.15, 0.2) is 88.4 Å². The molecule has 4 rings (SSSR count). The zero-order chi connectivity index (χ0) is 22.7. The number of methoxy groups -OCH3 is 1. The fourth-order valence-corrected chi connectivity index (χ4v) is 4.06. The fourth-order valence-electron chi connectivity index (χ4n) is 2.99. The summed E-state index contributed by atoms with van der Waals surface area (Å²) in [6.45, 7) is 0. The maximum absolute atomic E-state index is 12.6. The van der Waals surface area contributed by atoms with Gasteiger partial charge in [-0.15, -0.1) is 0 Å². The molecule has 7 nitrogen and oxygen atoms in total. The molecule has 0 saturated carbocycles. The van der Waals surface area contributed by atoms with Gasteiger partial charge in [0, 0.05) is 10.6 Å². The lowest BCUT2D eigenvalue weighted by molar-refractivity contribution is -0.136. The first-order valence-corrected chi connectivity index (χ1v) is 11.1. The van der Waals surface area contributed by atoms with Gasteiger partial charge in [-0.25, -0.2) is 4.79 Å². The summed E-state index contributed by atoms with van der Waals surface area (Å²) in [6, 6.07) is 19.3. The Morgan fingerprint density at radius 1 is 0.969 bits per heavy atom. The molecule has 0 aliphatic carbocycles. The molecule has 0 fully saturated rings. The van der Waals surface area contributed by atoms with Crippen LogP contribution in [0, 0.1) is 0 Å². The Kier molecular flexibility index (Phi) is 5.98. The minimum Gasteiger partial charge on any atom is -0.493 e. The first-order chi connectivity index (χ1) is 15.4. The van der Waals surface area contributed by atoms with Crippen LogP contribution in [-0.2, 0) is 19.8 Å². The lowest BCUT2D eigenvalue weighted by Crippen LogP contribution is -2.10. The summed E-state index contributed by atoms with van der Waals surface area (Å²) in [5.74, 6) is -0.425. The minimum absolute atomic E-state index is 0.00412. The van der Waals surface area contributed by atoms with Crippen LogP contribution >= 0.6 is 11.6 Å². The van der Waals surface area contributed by atoms with Crippen molar-refractivity contribution in [2.24, 2.45) is 5.16 Å². The van der Waals surface area contributed by atoms with Crippen LogP contribution in [0.4, 0.5) is 0 Å². The Hall–Kier alpha value is -3.62. The second-order valence-electron chi connectivity index (χ2n) is 6.64. The number of nitrogens with zero attached hydrogens (tertiary/aromatic N) is 1.